The van der Waals surface area contributed by atoms with Crippen LogP contribution in [-0.4, -0.2) is 11.5 Å². The SMILES string of the molecule is CCNCc1ncc(Br)o1. The van der Waals surface area contributed by atoms with Crippen LogP contribution in [0.25, 0.3) is 0 Å². The number of halogens is 1. The Labute approximate surface area is 68.0 Å². The van der Waals surface area contributed by atoms with E-state index in [1.165, 1.54) is 0 Å². The molecule has 0 aliphatic heterocycles. The Bertz CT molecular complexity index is 199. The van der Waals surface area contributed by atoms with Crippen LogP contribution in [0, 0.1) is 0 Å². The van der Waals surface area contributed by atoms with E-state index in [-0.39, 0.29) is 0 Å². The fourth-order valence-electron chi connectivity index (χ4n) is 0.602. The van der Waals surface area contributed by atoms with E-state index in [0.717, 1.165) is 6.54 Å². The number of rotatable bonds is 3. The van der Waals surface area contributed by atoms with Crippen LogP contribution in [0.3, 0.4) is 0 Å². The summed E-state index contributed by atoms with van der Waals surface area (Å²) in [6, 6.07) is 0. The van der Waals surface area contributed by atoms with Gasteiger partial charge in [-0.25, -0.2) is 4.98 Å². The monoisotopic (exact) mass is 204 g/mol. The van der Waals surface area contributed by atoms with Gasteiger partial charge in [-0.3, -0.25) is 0 Å². The van der Waals surface area contributed by atoms with E-state index in [2.05, 4.69) is 26.2 Å². The molecule has 0 fully saturated rings. The van der Waals surface area contributed by atoms with Crippen LogP contribution in [0.15, 0.2) is 15.3 Å². The van der Waals surface area contributed by atoms with Gasteiger partial charge in [-0.05, 0) is 22.5 Å². The first-order valence-electron chi connectivity index (χ1n) is 3.14. The molecule has 1 aromatic rings. The van der Waals surface area contributed by atoms with Crippen LogP contribution < -0.4 is 5.32 Å². The summed E-state index contributed by atoms with van der Waals surface area (Å²) in [6.45, 7) is 3.67. The van der Waals surface area contributed by atoms with Crippen molar-refractivity contribution in [2.24, 2.45) is 0 Å². The molecule has 0 saturated heterocycles. The molecule has 0 atom stereocenters. The molecule has 4 heteroatoms. The first kappa shape index (κ1) is 7.75. The van der Waals surface area contributed by atoms with Crippen molar-refractivity contribution in [3.63, 3.8) is 0 Å². The predicted octanol–water partition coefficient (Wildman–Crippen LogP) is 1.55. The second kappa shape index (κ2) is 3.73. The van der Waals surface area contributed by atoms with Crippen molar-refractivity contribution in [3.05, 3.63) is 16.8 Å². The van der Waals surface area contributed by atoms with Crippen LogP contribution in [0.1, 0.15) is 12.8 Å². The minimum Gasteiger partial charge on any atom is -0.433 e. The number of hydrogen-bond donors (Lipinski definition) is 1. The molecule has 0 aliphatic carbocycles. The Kier molecular flexibility index (Phi) is 2.89. The molecule has 0 radical (unpaired) electrons. The molecule has 0 unspecified atom stereocenters. The van der Waals surface area contributed by atoms with Crippen LogP contribution in [0.2, 0.25) is 0 Å². The van der Waals surface area contributed by atoms with Gasteiger partial charge in [0.1, 0.15) is 0 Å². The van der Waals surface area contributed by atoms with Gasteiger partial charge in [-0.1, -0.05) is 6.92 Å². The molecule has 0 bridgehead atoms. The number of oxazole rings is 1. The smallest absolute Gasteiger partial charge is 0.209 e. The maximum atomic E-state index is 5.13. The van der Waals surface area contributed by atoms with Crippen LogP contribution in [0.4, 0.5) is 0 Å². The maximum absolute atomic E-state index is 5.13. The Morgan fingerprint density at radius 3 is 3.10 bits per heavy atom. The number of hydrogen-bond acceptors (Lipinski definition) is 3. The predicted molar refractivity (Wildman–Crippen MR) is 41.6 cm³/mol. The van der Waals surface area contributed by atoms with Crippen LogP contribution >= 0.6 is 15.9 Å². The van der Waals surface area contributed by atoms with E-state index < -0.39 is 0 Å². The third kappa shape index (κ3) is 2.11. The van der Waals surface area contributed by atoms with Crippen LogP contribution in [-0.2, 0) is 6.54 Å². The van der Waals surface area contributed by atoms with E-state index in [0.29, 0.717) is 17.1 Å². The quantitative estimate of drug-likeness (QED) is 0.813. The van der Waals surface area contributed by atoms with Crippen molar-refractivity contribution < 1.29 is 4.42 Å². The summed E-state index contributed by atoms with van der Waals surface area (Å²) >= 11 is 3.17. The lowest BCUT2D eigenvalue weighted by Crippen LogP contribution is -2.11. The highest BCUT2D eigenvalue weighted by Crippen LogP contribution is 2.09. The summed E-state index contributed by atoms with van der Waals surface area (Å²) in [5.74, 6) is 0.716. The third-order valence-electron chi connectivity index (χ3n) is 1.05. The van der Waals surface area contributed by atoms with E-state index in [4.69, 9.17) is 4.42 Å². The summed E-state index contributed by atoms with van der Waals surface area (Å²) in [5.41, 5.74) is 0. The second-order valence-corrected chi connectivity index (χ2v) is 2.62. The molecule has 0 aromatic carbocycles. The lowest BCUT2D eigenvalue weighted by Gasteiger charge is -1.93. The van der Waals surface area contributed by atoms with Crippen LogP contribution in [0.5, 0.6) is 0 Å². The van der Waals surface area contributed by atoms with Crippen molar-refractivity contribution in [3.8, 4) is 0 Å². The van der Waals surface area contributed by atoms with Crippen molar-refractivity contribution >= 4 is 15.9 Å². The van der Waals surface area contributed by atoms with E-state index >= 15 is 0 Å². The summed E-state index contributed by atoms with van der Waals surface area (Å²) in [5, 5.41) is 3.10. The Morgan fingerprint density at radius 2 is 2.60 bits per heavy atom. The summed E-state index contributed by atoms with van der Waals surface area (Å²) in [7, 11) is 0. The molecule has 56 valence electrons. The van der Waals surface area contributed by atoms with E-state index in [1.807, 2.05) is 6.92 Å². The maximum Gasteiger partial charge on any atom is 0.209 e. The standard InChI is InChI=1S/C6H9BrN2O/c1-2-8-4-6-9-3-5(7)10-6/h3,8H,2,4H2,1H3. The van der Waals surface area contributed by atoms with Gasteiger partial charge in [-0.2, -0.15) is 0 Å². The molecule has 0 amide bonds. The van der Waals surface area contributed by atoms with Gasteiger partial charge in [0.25, 0.3) is 0 Å². The van der Waals surface area contributed by atoms with Gasteiger partial charge >= 0.3 is 0 Å². The molecule has 1 heterocycles. The summed E-state index contributed by atoms with van der Waals surface area (Å²) in [6.07, 6.45) is 1.65. The zero-order valence-electron chi connectivity index (χ0n) is 5.72. The zero-order chi connectivity index (χ0) is 7.40. The van der Waals surface area contributed by atoms with Crippen molar-refractivity contribution in [1.29, 1.82) is 0 Å². The Balaban J connectivity index is 2.42. The molecule has 0 saturated carbocycles. The van der Waals surface area contributed by atoms with Gasteiger partial charge in [0, 0.05) is 0 Å². The van der Waals surface area contributed by atoms with Gasteiger partial charge < -0.3 is 9.73 Å². The molecule has 3 nitrogen and oxygen atoms in total. The highest BCUT2D eigenvalue weighted by Gasteiger charge is 1.97. The lowest BCUT2D eigenvalue weighted by molar-refractivity contribution is 0.456. The zero-order valence-corrected chi connectivity index (χ0v) is 7.31. The third-order valence-corrected chi connectivity index (χ3v) is 1.42. The number of nitrogens with one attached hydrogen (secondary N) is 1. The molecule has 1 N–H and O–H groups in total. The molecule has 1 rings (SSSR count). The molecule has 10 heavy (non-hydrogen) atoms. The van der Waals surface area contributed by atoms with E-state index in [9.17, 15) is 0 Å². The minimum atomic E-state index is 0.681. The summed E-state index contributed by atoms with van der Waals surface area (Å²) < 4.78 is 5.81. The second-order valence-electron chi connectivity index (χ2n) is 1.84. The Morgan fingerprint density at radius 1 is 1.80 bits per heavy atom. The fourth-order valence-corrected chi connectivity index (χ4v) is 0.891. The Hall–Kier alpha value is -0.350. The highest BCUT2D eigenvalue weighted by atomic mass is 79.9. The molecular weight excluding hydrogens is 196 g/mol. The normalized spacial score (nSPS) is 10.2. The minimum absolute atomic E-state index is 0.681. The number of aromatic nitrogens is 1. The lowest BCUT2D eigenvalue weighted by atomic mass is 10.6. The first-order valence-corrected chi connectivity index (χ1v) is 3.93. The molecular formula is C6H9BrN2O. The van der Waals surface area contributed by atoms with Gasteiger partial charge in [-0.15, -0.1) is 0 Å². The van der Waals surface area contributed by atoms with Crippen molar-refractivity contribution in [1.82, 2.24) is 10.3 Å². The number of nitrogens with zero attached hydrogens (tertiary/aromatic N) is 1. The average molecular weight is 205 g/mol. The topological polar surface area (TPSA) is 38.1 Å². The van der Waals surface area contributed by atoms with Crippen molar-refractivity contribution in [2.45, 2.75) is 13.5 Å². The first-order chi connectivity index (χ1) is 4.83. The van der Waals surface area contributed by atoms with Crippen molar-refractivity contribution in [2.75, 3.05) is 6.54 Å². The molecule has 0 spiro atoms. The largest absolute Gasteiger partial charge is 0.433 e. The van der Waals surface area contributed by atoms with Gasteiger partial charge in [0.2, 0.25) is 5.89 Å². The average Bonchev–Trinajstić information content (AvgIpc) is 2.31. The highest BCUT2D eigenvalue weighted by molar-refractivity contribution is 9.10. The fraction of sp³-hybridized carbons (Fsp3) is 0.500. The molecule has 1 aromatic heterocycles. The molecule has 0 aliphatic rings. The summed E-state index contributed by atoms with van der Waals surface area (Å²) in [4.78, 5) is 3.98. The van der Waals surface area contributed by atoms with Gasteiger partial charge in [0.15, 0.2) is 4.67 Å². The van der Waals surface area contributed by atoms with E-state index in [1.54, 1.807) is 6.20 Å². The van der Waals surface area contributed by atoms with Gasteiger partial charge in [0.05, 0.1) is 12.7 Å².